The Kier molecular flexibility index (Phi) is 4.26. The van der Waals surface area contributed by atoms with Crippen LogP contribution in [-0.2, 0) is 4.79 Å². The number of carbonyl (C=O) groups is 1. The Morgan fingerprint density at radius 1 is 1.57 bits per heavy atom. The van der Waals surface area contributed by atoms with Crippen LogP contribution in [0, 0.1) is 5.92 Å². The maximum atomic E-state index is 11.8. The molecule has 0 aromatic heterocycles. The van der Waals surface area contributed by atoms with Gasteiger partial charge < -0.3 is 4.90 Å². The maximum absolute atomic E-state index is 11.8. The molecule has 0 aromatic carbocycles. The van der Waals surface area contributed by atoms with Crippen molar-refractivity contribution in [2.75, 3.05) is 18.6 Å². The van der Waals surface area contributed by atoms with E-state index in [2.05, 4.69) is 25.4 Å². The van der Waals surface area contributed by atoms with E-state index in [0.717, 1.165) is 12.3 Å². The van der Waals surface area contributed by atoms with Crippen LogP contribution in [0.4, 0.5) is 0 Å². The van der Waals surface area contributed by atoms with Gasteiger partial charge in [-0.1, -0.05) is 13.8 Å². The molecule has 14 heavy (non-hydrogen) atoms. The average Bonchev–Trinajstić information content (AvgIpc) is 2.41. The van der Waals surface area contributed by atoms with Crippen molar-refractivity contribution in [3.8, 4) is 0 Å². The third kappa shape index (κ3) is 2.42. The Balaban J connectivity index is 2.61. The molecule has 82 valence electrons. The van der Waals surface area contributed by atoms with Crippen LogP contribution in [0.1, 0.15) is 20.8 Å². The average molecular weight is 216 g/mol. The zero-order valence-corrected chi connectivity index (χ0v) is 10.2. The molecule has 0 radical (unpaired) electrons. The van der Waals surface area contributed by atoms with Crippen LogP contribution in [0.5, 0.6) is 0 Å². The Hall–Kier alpha value is -0.220. The van der Waals surface area contributed by atoms with Gasteiger partial charge in [0.2, 0.25) is 5.91 Å². The van der Waals surface area contributed by atoms with Gasteiger partial charge in [-0.2, -0.15) is 11.8 Å². The van der Waals surface area contributed by atoms with Crippen molar-refractivity contribution in [1.29, 1.82) is 0 Å². The first-order valence-electron chi connectivity index (χ1n) is 5.13. The van der Waals surface area contributed by atoms with Gasteiger partial charge in [0.25, 0.3) is 0 Å². The van der Waals surface area contributed by atoms with Gasteiger partial charge in [0.15, 0.2) is 0 Å². The molecular formula is C10H20N2OS. The summed E-state index contributed by atoms with van der Waals surface area (Å²) in [7, 11) is 0. The highest BCUT2D eigenvalue weighted by Gasteiger charge is 2.36. The first-order chi connectivity index (χ1) is 6.57. The molecule has 0 bridgehead atoms. The van der Waals surface area contributed by atoms with E-state index in [9.17, 15) is 4.79 Å². The lowest BCUT2D eigenvalue weighted by molar-refractivity contribution is -0.129. The number of hydrogen-bond acceptors (Lipinski definition) is 3. The summed E-state index contributed by atoms with van der Waals surface area (Å²) in [4.78, 5) is 13.8. The third-order valence-corrected chi connectivity index (χ3v) is 3.17. The fourth-order valence-electron chi connectivity index (χ4n) is 1.79. The van der Waals surface area contributed by atoms with E-state index in [-0.39, 0.29) is 18.1 Å². The molecule has 1 amide bonds. The number of nitrogens with zero attached hydrogens (tertiary/aromatic N) is 1. The minimum atomic E-state index is -0.00995. The molecule has 2 unspecified atom stereocenters. The summed E-state index contributed by atoms with van der Waals surface area (Å²) in [5.74, 6) is 1.74. The van der Waals surface area contributed by atoms with Gasteiger partial charge in [-0.25, -0.2) is 0 Å². The molecule has 1 rings (SSSR count). The molecule has 1 heterocycles. The van der Waals surface area contributed by atoms with Crippen molar-refractivity contribution in [1.82, 2.24) is 10.2 Å². The monoisotopic (exact) mass is 216 g/mol. The van der Waals surface area contributed by atoms with Crippen LogP contribution in [0.2, 0.25) is 0 Å². The van der Waals surface area contributed by atoms with Crippen molar-refractivity contribution in [3.05, 3.63) is 0 Å². The molecule has 0 spiro atoms. The van der Waals surface area contributed by atoms with Crippen molar-refractivity contribution < 1.29 is 4.79 Å². The molecule has 0 aliphatic carbocycles. The van der Waals surface area contributed by atoms with Crippen molar-refractivity contribution in [2.45, 2.75) is 33.0 Å². The van der Waals surface area contributed by atoms with Crippen LogP contribution >= 0.6 is 11.8 Å². The molecule has 1 N–H and O–H groups in total. The van der Waals surface area contributed by atoms with Gasteiger partial charge in [0.1, 0.15) is 0 Å². The lowest BCUT2D eigenvalue weighted by atomic mass is 10.1. The molecule has 3 nitrogen and oxygen atoms in total. The van der Waals surface area contributed by atoms with E-state index < -0.39 is 0 Å². The Morgan fingerprint density at radius 3 is 2.71 bits per heavy atom. The van der Waals surface area contributed by atoms with E-state index in [0.29, 0.717) is 5.92 Å². The van der Waals surface area contributed by atoms with Gasteiger partial charge >= 0.3 is 0 Å². The summed E-state index contributed by atoms with van der Waals surface area (Å²) in [6.45, 7) is 7.10. The molecule has 1 fully saturated rings. The standard InChI is InChI=1S/C10H20N2OS/c1-7(2)9-11-8(3)10(13)12(9)5-6-14-4/h7-9,11H,5-6H2,1-4H3. The maximum Gasteiger partial charge on any atom is 0.240 e. The van der Waals surface area contributed by atoms with Crippen LogP contribution in [0.15, 0.2) is 0 Å². The highest BCUT2D eigenvalue weighted by atomic mass is 32.2. The molecule has 4 heteroatoms. The van der Waals surface area contributed by atoms with E-state index in [1.54, 1.807) is 11.8 Å². The zero-order chi connectivity index (χ0) is 10.7. The van der Waals surface area contributed by atoms with Crippen molar-refractivity contribution in [2.24, 2.45) is 5.92 Å². The fourth-order valence-corrected chi connectivity index (χ4v) is 2.17. The van der Waals surface area contributed by atoms with Gasteiger partial charge in [-0.15, -0.1) is 0 Å². The second kappa shape index (κ2) is 5.03. The fraction of sp³-hybridized carbons (Fsp3) is 0.900. The van der Waals surface area contributed by atoms with Crippen LogP contribution in [0.3, 0.4) is 0 Å². The first kappa shape index (κ1) is 11.9. The second-order valence-electron chi connectivity index (χ2n) is 4.10. The molecule has 1 aliphatic heterocycles. The summed E-state index contributed by atoms with van der Waals surface area (Å²) in [5, 5.41) is 3.33. The summed E-state index contributed by atoms with van der Waals surface area (Å²) < 4.78 is 0. The molecule has 2 atom stereocenters. The second-order valence-corrected chi connectivity index (χ2v) is 5.09. The van der Waals surface area contributed by atoms with Gasteiger partial charge in [0.05, 0.1) is 12.2 Å². The predicted octanol–water partition coefficient (Wildman–Crippen LogP) is 1.15. The van der Waals surface area contributed by atoms with E-state index in [1.165, 1.54) is 0 Å². The third-order valence-electron chi connectivity index (χ3n) is 2.58. The lowest BCUT2D eigenvalue weighted by Gasteiger charge is -2.26. The number of nitrogens with one attached hydrogen (secondary N) is 1. The topological polar surface area (TPSA) is 32.3 Å². The Morgan fingerprint density at radius 2 is 2.21 bits per heavy atom. The van der Waals surface area contributed by atoms with E-state index in [4.69, 9.17) is 0 Å². The van der Waals surface area contributed by atoms with Crippen LogP contribution < -0.4 is 5.32 Å². The molecule has 1 saturated heterocycles. The zero-order valence-electron chi connectivity index (χ0n) is 9.41. The van der Waals surface area contributed by atoms with Gasteiger partial charge in [0, 0.05) is 12.3 Å². The molecule has 0 aromatic rings. The highest BCUT2D eigenvalue weighted by molar-refractivity contribution is 7.98. The van der Waals surface area contributed by atoms with Crippen molar-refractivity contribution >= 4 is 17.7 Å². The summed E-state index contributed by atoms with van der Waals surface area (Å²) in [5.41, 5.74) is 0. The number of carbonyl (C=O) groups excluding carboxylic acids is 1. The number of rotatable bonds is 4. The van der Waals surface area contributed by atoms with Crippen LogP contribution in [0.25, 0.3) is 0 Å². The molecular weight excluding hydrogens is 196 g/mol. The quantitative estimate of drug-likeness (QED) is 0.765. The Bertz CT molecular complexity index is 208. The highest BCUT2D eigenvalue weighted by Crippen LogP contribution is 2.17. The summed E-state index contributed by atoms with van der Waals surface area (Å²) in [6, 6.07) is -0.00995. The van der Waals surface area contributed by atoms with E-state index >= 15 is 0 Å². The van der Waals surface area contributed by atoms with Crippen molar-refractivity contribution in [3.63, 3.8) is 0 Å². The number of thioether (sulfide) groups is 1. The molecule has 0 saturated carbocycles. The summed E-state index contributed by atoms with van der Waals surface area (Å²) in [6.07, 6.45) is 2.30. The van der Waals surface area contributed by atoms with Gasteiger partial charge in [-0.3, -0.25) is 10.1 Å². The smallest absolute Gasteiger partial charge is 0.240 e. The minimum Gasteiger partial charge on any atom is -0.325 e. The minimum absolute atomic E-state index is 0.00995. The Labute approximate surface area is 90.6 Å². The van der Waals surface area contributed by atoms with Gasteiger partial charge in [-0.05, 0) is 19.1 Å². The number of amides is 1. The predicted molar refractivity (Wildman–Crippen MR) is 61.3 cm³/mol. The number of hydrogen-bond donors (Lipinski definition) is 1. The lowest BCUT2D eigenvalue weighted by Crippen LogP contribution is -2.42. The molecule has 1 aliphatic rings. The SMILES string of the molecule is CSCCN1C(=O)C(C)NC1C(C)C. The van der Waals surface area contributed by atoms with E-state index in [1.807, 2.05) is 11.8 Å². The van der Waals surface area contributed by atoms with Crippen LogP contribution in [-0.4, -0.2) is 41.6 Å². The summed E-state index contributed by atoms with van der Waals surface area (Å²) >= 11 is 1.78. The first-order valence-corrected chi connectivity index (χ1v) is 6.52. The largest absolute Gasteiger partial charge is 0.325 e. The normalized spacial score (nSPS) is 27.8.